The van der Waals surface area contributed by atoms with Gasteiger partial charge in [0.05, 0.1) is 19.4 Å². The number of hydrogen-bond acceptors (Lipinski definition) is 6. The van der Waals surface area contributed by atoms with Crippen molar-refractivity contribution in [3.63, 3.8) is 0 Å². The van der Waals surface area contributed by atoms with Crippen LogP contribution in [0.15, 0.2) is 40.9 Å². The fourth-order valence-electron chi connectivity index (χ4n) is 4.19. The molecule has 1 amide bonds. The summed E-state index contributed by atoms with van der Waals surface area (Å²) in [6, 6.07) is 9.97. The van der Waals surface area contributed by atoms with Gasteiger partial charge in [0.1, 0.15) is 5.82 Å². The van der Waals surface area contributed by atoms with E-state index in [9.17, 15) is 9.18 Å². The molecule has 0 radical (unpaired) electrons. The van der Waals surface area contributed by atoms with Crippen LogP contribution in [0.1, 0.15) is 37.8 Å². The van der Waals surface area contributed by atoms with Crippen molar-refractivity contribution in [2.45, 2.75) is 32.1 Å². The second kappa shape index (κ2) is 9.99. The lowest BCUT2D eigenvalue weighted by Gasteiger charge is -2.31. The monoisotopic (exact) mass is 441 g/mol. The molecule has 2 heterocycles. The predicted molar refractivity (Wildman–Crippen MR) is 120 cm³/mol. The van der Waals surface area contributed by atoms with Crippen molar-refractivity contribution in [2.75, 3.05) is 38.7 Å². The van der Waals surface area contributed by atoms with Gasteiger partial charge in [0, 0.05) is 42.6 Å². The number of aromatic nitrogens is 1. The van der Waals surface area contributed by atoms with Gasteiger partial charge in [0.25, 0.3) is 0 Å². The van der Waals surface area contributed by atoms with Crippen LogP contribution in [-0.2, 0) is 4.79 Å². The van der Waals surface area contributed by atoms with Crippen LogP contribution in [0.5, 0.6) is 11.5 Å². The van der Waals surface area contributed by atoms with E-state index in [-0.39, 0.29) is 11.7 Å². The fourth-order valence-corrected chi connectivity index (χ4v) is 4.19. The summed E-state index contributed by atoms with van der Waals surface area (Å²) in [4.78, 5) is 13.6. The molecule has 1 fully saturated rings. The molecule has 2 aromatic carbocycles. The van der Waals surface area contributed by atoms with Crippen molar-refractivity contribution in [1.82, 2.24) is 10.1 Å². The minimum Gasteiger partial charge on any atom is -0.493 e. The first-order valence-corrected chi connectivity index (χ1v) is 10.9. The smallest absolute Gasteiger partial charge is 0.221 e. The van der Waals surface area contributed by atoms with E-state index in [4.69, 9.17) is 14.0 Å². The number of amides is 1. The summed E-state index contributed by atoms with van der Waals surface area (Å²) in [6.45, 7) is 4.96. The van der Waals surface area contributed by atoms with Gasteiger partial charge in [0.15, 0.2) is 17.1 Å². The zero-order valence-electron chi connectivity index (χ0n) is 18.4. The Hall–Kier alpha value is -3.13. The lowest BCUT2D eigenvalue weighted by Crippen LogP contribution is -2.34. The average Bonchev–Trinajstić information content (AvgIpc) is 3.20. The molecule has 32 heavy (non-hydrogen) atoms. The molecule has 0 atom stereocenters. The Balaban J connectivity index is 1.23. The number of anilines is 1. The third-order valence-corrected chi connectivity index (χ3v) is 5.80. The number of piperidine rings is 1. The number of carbonyl (C=O) groups excluding carboxylic acids is 1. The summed E-state index contributed by atoms with van der Waals surface area (Å²) >= 11 is 0. The molecule has 1 aliphatic rings. The molecule has 1 aromatic heterocycles. The van der Waals surface area contributed by atoms with Gasteiger partial charge in [0.2, 0.25) is 5.91 Å². The van der Waals surface area contributed by atoms with E-state index in [0.29, 0.717) is 35.3 Å². The van der Waals surface area contributed by atoms with Crippen LogP contribution in [0.3, 0.4) is 0 Å². The Labute approximate surface area is 186 Å². The standard InChI is InChI=1S/C24H28FN3O4/c1-16(29)26-19-5-7-21(23(15-19)30-2)31-13-3-10-28-11-8-17(9-12-28)24-20-6-4-18(25)14-22(20)32-27-24/h4-7,14-15,17H,3,8-13H2,1-2H3,(H,26,29). The zero-order chi connectivity index (χ0) is 22.5. The molecule has 170 valence electrons. The maximum absolute atomic E-state index is 13.4. The van der Waals surface area contributed by atoms with Crippen molar-refractivity contribution in [2.24, 2.45) is 0 Å². The van der Waals surface area contributed by atoms with Crippen molar-refractivity contribution < 1.29 is 23.2 Å². The Morgan fingerprint density at radius 3 is 2.78 bits per heavy atom. The highest BCUT2D eigenvalue weighted by molar-refractivity contribution is 5.89. The van der Waals surface area contributed by atoms with Gasteiger partial charge in [-0.1, -0.05) is 5.16 Å². The molecule has 0 unspecified atom stereocenters. The average molecular weight is 442 g/mol. The van der Waals surface area contributed by atoms with Gasteiger partial charge in [-0.3, -0.25) is 4.79 Å². The van der Waals surface area contributed by atoms with Gasteiger partial charge in [-0.15, -0.1) is 0 Å². The van der Waals surface area contributed by atoms with Crippen LogP contribution in [0.2, 0.25) is 0 Å². The van der Waals surface area contributed by atoms with Crippen molar-refractivity contribution in [3.05, 3.63) is 47.9 Å². The lowest BCUT2D eigenvalue weighted by molar-refractivity contribution is -0.114. The molecule has 1 saturated heterocycles. The number of benzene rings is 2. The minimum atomic E-state index is -0.307. The second-order valence-electron chi connectivity index (χ2n) is 8.07. The van der Waals surface area contributed by atoms with Crippen molar-refractivity contribution >= 4 is 22.6 Å². The number of methoxy groups -OCH3 is 1. The molecule has 0 bridgehead atoms. The molecule has 0 aliphatic carbocycles. The van der Waals surface area contributed by atoms with Crippen LogP contribution >= 0.6 is 0 Å². The summed E-state index contributed by atoms with van der Waals surface area (Å²) < 4.78 is 30.0. The first-order chi connectivity index (χ1) is 15.5. The summed E-state index contributed by atoms with van der Waals surface area (Å²) in [5.74, 6) is 1.15. The van der Waals surface area contributed by atoms with Gasteiger partial charge < -0.3 is 24.2 Å². The maximum atomic E-state index is 13.4. The number of fused-ring (bicyclic) bond motifs is 1. The van der Waals surface area contributed by atoms with E-state index in [2.05, 4.69) is 15.4 Å². The SMILES string of the molecule is COc1cc(NC(C)=O)ccc1OCCCN1CCC(c2noc3cc(F)ccc23)CC1. The van der Waals surface area contributed by atoms with Gasteiger partial charge in [-0.2, -0.15) is 0 Å². The first-order valence-electron chi connectivity index (χ1n) is 10.9. The normalized spacial score (nSPS) is 15.1. The largest absolute Gasteiger partial charge is 0.493 e. The number of hydrogen-bond donors (Lipinski definition) is 1. The highest BCUT2D eigenvalue weighted by Gasteiger charge is 2.25. The Kier molecular flexibility index (Phi) is 6.90. The van der Waals surface area contributed by atoms with E-state index >= 15 is 0 Å². The summed E-state index contributed by atoms with van der Waals surface area (Å²) in [6.07, 6.45) is 2.89. The van der Waals surface area contributed by atoms with E-state index < -0.39 is 0 Å². The number of rotatable bonds is 8. The van der Waals surface area contributed by atoms with E-state index in [1.807, 2.05) is 6.07 Å². The van der Waals surface area contributed by atoms with Gasteiger partial charge >= 0.3 is 0 Å². The summed E-state index contributed by atoms with van der Waals surface area (Å²) in [5, 5.41) is 7.87. The first kappa shape index (κ1) is 22.1. The van der Waals surface area contributed by atoms with Crippen molar-refractivity contribution in [3.8, 4) is 11.5 Å². The third kappa shape index (κ3) is 5.19. The Morgan fingerprint density at radius 2 is 2.03 bits per heavy atom. The molecular weight excluding hydrogens is 413 g/mol. The van der Waals surface area contributed by atoms with Crippen molar-refractivity contribution in [1.29, 1.82) is 0 Å². The number of nitrogens with zero attached hydrogens (tertiary/aromatic N) is 2. The topological polar surface area (TPSA) is 76.8 Å². The van der Waals surface area contributed by atoms with Gasteiger partial charge in [-0.25, -0.2) is 4.39 Å². The van der Waals surface area contributed by atoms with Crippen LogP contribution in [0, 0.1) is 5.82 Å². The lowest BCUT2D eigenvalue weighted by atomic mass is 9.91. The quantitative estimate of drug-likeness (QED) is 0.516. The minimum absolute atomic E-state index is 0.130. The van der Waals surface area contributed by atoms with Crippen LogP contribution in [-0.4, -0.2) is 49.3 Å². The highest BCUT2D eigenvalue weighted by atomic mass is 19.1. The van der Waals surface area contributed by atoms with E-state index in [1.165, 1.54) is 19.1 Å². The Morgan fingerprint density at radius 1 is 1.22 bits per heavy atom. The molecule has 1 N–H and O–H groups in total. The summed E-state index contributed by atoms with van der Waals surface area (Å²) in [7, 11) is 1.58. The maximum Gasteiger partial charge on any atom is 0.221 e. The van der Waals surface area contributed by atoms with E-state index in [1.54, 1.807) is 25.3 Å². The predicted octanol–water partition coefficient (Wildman–Crippen LogP) is 4.58. The molecule has 7 nitrogen and oxygen atoms in total. The Bertz CT molecular complexity index is 1080. The van der Waals surface area contributed by atoms with E-state index in [0.717, 1.165) is 50.0 Å². The number of likely N-dealkylation sites (tertiary alicyclic amines) is 1. The number of nitrogens with one attached hydrogen (secondary N) is 1. The number of carbonyl (C=O) groups is 1. The molecule has 8 heteroatoms. The molecule has 3 aromatic rings. The molecule has 4 rings (SSSR count). The second-order valence-corrected chi connectivity index (χ2v) is 8.07. The molecular formula is C24H28FN3O4. The van der Waals surface area contributed by atoms with Crippen LogP contribution in [0.25, 0.3) is 11.0 Å². The number of ether oxygens (including phenoxy) is 2. The van der Waals surface area contributed by atoms with Gasteiger partial charge in [-0.05, 0) is 56.6 Å². The molecule has 0 saturated carbocycles. The van der Waals surface area contributed by atoms with Crippen LogP contribution in [0.4, 0.5) is 10.1 Å². The molecule has 1 aliphatic heterocycles. The number of halogens is 1. The molecule has 0 spiro atoms. The third-order valence-electron chi connectivity index (χ3n) is 5.80. The fraction of sp³-hybridized carbons (Fsp3) is 0.417. The van der Waals surface area contributed by atoms with Crippen LogP contribution < -0.4 is 14.8 Å². The summed E-state index contributed by atoms with van der Waals surface area (Å²) in [5.41, 5.74) is 2.13. The zero-order valence-corrected chi connectivity index (χ0v) is 18.4. The highest BCUT2D eigenvalue weighted by Crippen LogP contribution is 2.33.